The van der Waals surface area contributed by atoms with Crippen LogP contribution in [0.4, 0.5) is 5.69 Å². The number of nitrogens with one attached hydrogen (secondary N) is 1. The highest BCUT2D eigenvalue weighted by Crippen LogP contribution is 2.43. The van der Waals surface area contributed by atoms with Crippen molar-refractivity contribution in [1.82, 2.24) is 14.8 Å². The van der Waals surface area contributed by atoms with Gasteiger partial charge in [-0.15, -0.1) is 0 Å². The minimum absolute atomic E-state index is 0.227. The fraction of sp³-hybridized carbons (Fsp3) is 0.160. The molecule has 2 aromatic carbocycles. The van der Waals surface area contributed by atoms with Crippen LogP contribution < -0.4 is 10.1 Å². The lowest BCUT2D eigenvalue weighted by molar-refractivity contribution is 0.102. The predicted octanol–water partition coefficient (Wildman–Crippen LogP) is 6.28. The molecule has 4 aromatic rings. The first-order valence-electron chi connectivity index (χ1n) is 10.6. The lowest BCUT2D eigenvalue weighted by Crippen LogP contribution is -2.14. The normalized spacial score (nSPS) is 13.0. The number of benzene rings is 2. The fourth-order valence-corrected chi connectivity index (χ4v) is 4.12. The highest BCUT2D eigenvalue weighted by atomic mass is 35.5. The Balaban J connectivity index is 1.36. The molecule has 1 aliphatic rings. The molecule has 8 heteroatoms. The van der Waals surface area contributed by atoms with E-state index in [1.807, 2.05) is 42.5 Å². The zero-order valence-electron chi connectivity index (χ0n) is 17.5. The van der Waals surface area contributed by atoms with Crippen LogP contribution in [0.25, 0.3) is 5.69 Å². The Hall–Kier alpha value is -3.35. The van der Waals surface area contributed by atoms with E-state index in [4.69, 9.17) is 27.9 Å². The summed E-state index contributed by atoms with van der Waals surface area (Å²) in [4.78, 5) is 17.4. The third kappa shape index (κ3) is 4.87. The second kappa shape index (κ2) is 9.25. The number of nitrogens with zero attached hydrogens (tertiary/aromatic N) is 3. The largest absolute Gasteiger partial charge is 0.487 e. The molecule has 0 atom stereocenters. The van der Waals surface area contributed by atoms with Crippen molar-refractivity contribution in [1.29, 1.82) is 0 Å². The van der Waals surface area contributed by atoms with Gasteiger partial charge >= 0.3 is 0 Å². The molecule has 2 heterocycles. The molecule has 5 rings (SSSR count). The van der Waals surface area contributed by atoms with Gasteiger partial charge < -0.3 is 10.1 Å². The van der Waals surface area contributed by atoms with E-state index in [9.17, 15) is 4.79 Å². The van der Waals surface area contributed by atoms with Gasteiger partial charge in [-0.2, -0.15) is 5.10 Å². The van der Waals surface area contributed by atoms with Crippen molar-refractivity contribution in [2.24, 2.45) is 0 Å². The number of carbonyl (C=O) groups is 1. The van der Waals surface area contributed by atoms with E-state index in [1.165, 1.54) is 0 Å². The first-order chi connectivity index (χ1) is 16.1. The average molecular weight is 479 g/mol. The number of carbonyl (C=O) groups excluding carboxylic acids is 1. The minimum Gasteiger partial charge on any atom is -0.487 e. The van der Waals surface area contributed by atoms with Gasteiger partial charge in [0.05, 0.1) is 33.9 Å². The first kappa shape index (κ1) is 21.5. The number of rotatable bonds is 7. The second-order valence-electron chi connectivity index (χ2n) is 7.82. The summed E-state index contributed by atoms with van der Waals surface area (Å²) < 4.78 is 7.57. The fourth-order valence-electron chi connectivity index (χ4n) is 3.63. The van der Waals surface area contributed by atoms with E-state index in [1.54, 1.807) is 35.3 Å². The molecule has 0 bridgehead atoms. The van der Waals surface area contributed by atoms with Crippen LogP contribution in [0.2, 0.25) is 10.0 Å². The topological polar surface area (TPSA) is 69.0 Å². The van der Waals surface area contributed by atoms with E-state index in [0.717, 1.165) is 24.2 Å². The SMILES string of the molecule is O=C(Nc1cccc(OCc2ccccn2)c1)c1cnn(-c2ccc(Cl)cc2Cl)c1C1CC1. The van der Waals surface area contributed by atoms with Gasteiger partial charge in [0.2, 0.25) is 0 Å². The molecular formula is C25H20Cl2N4O2. The van der Waals surface area contributed by atoms with Crippen LogP contribution >= 0.6 is 23.2 Å². The second-order valence-corrected chi connectivity index (χ2v) is 8.66. The van der Waals surface area contributed by atoms with Crippen LogP contribution in [-0.2, 0) is 6.61 Å². The van der Waals surface area contributed by atoms with Gasteiger partial charge in [0.1, 0.15) is 12.4 Å². The standard InChI is InChI=1S/C25H20Cl2N4O2/c26-17-9-10-23(22(27)12-17)31-24(16-7-8-16)21(14-29-31)25(32)30-18-5-3-6-20(13-18)33-15-19-4-1-2-11-28-19/h1-6,9-14,16H,7-8,15H2,(H,30,32). The van der Waals surface area contributed by atoms with Crippen molar-refractivity contribution in [3.63, 3.8) is 0 Å². The van der Waals surface area contributed by atoms with Crippen LogP contribution in [0, 0.1) is 0 Å². The molecule has 1 N–H and O–H groups in total. The molecule has 1 saturated carbocycles. The van der Waals surface area contributed by atoms with E-state index in [0.29, 0.717) is 39.3 Å². The number of aromatic nitrogens is 3. The van der Waals surface area contributed by atoms with Crippen LogP contribution in [0.15, 0.2) is 73.1 Å². The van der Waals surface area contributed by atoms with Crippen LogP contribution in [-0.4, -0.2) is 20.7 Å². The van der Waals surface area contributed by atoms with Crippen molar-refractivity contribution in [3.8, 4) is 11.4 Å². The summed E-state index contributed by atoms with van der Waals surface area (Å²) in [5.41, 5.74) is 3.56. The predicted molar refractivity (Wildman–Crippen MR) is 129 cm³/mol. The van der Waals surface area contributed by atoms with Gasteiger partial charge in [-0.25, -0.2) is 4.68 Å². The Morgan fingerprint density at radius 2 is 1.97 bits per heavy atom. The van der Waals surface area contributed by atoms with Crippen LogP contribution in [0.5, 0.6) is 5.75 Å². The molecule has 0 spiro atoms. The highest BCUT2D eigenvalue weighted by Gasteiger charge is 2.33. The molecule has 1 aliphatic carbocycles. The number of ether oxygens (including phenoxy) is 1. The molecule has 0 unspecified atom stereocenters. The van der Waals surface area contributed by atoms with Gasteiger partial charge in [0.25, 0.3) is 5.91 Å². The van der Waals surface area contributed by atoms with Gasteiger partial charge in [-0.3, -0.25) is 9.78 Å². The molecule has 166 valence electrons. The summed E-state index contributed by atoms with van der Waals surface area (Å²) in [5.74, 6) is 0.688. The summed E-state index contributed by atoms with van der Waals surface area (Å²) in [6, 6.07) is 18.2. The molecule has 2 aromatic heterocycles. The number of halogens is 2. The minimum atomic E-state index is -0.227. The lowest BCUT2D eigenvalue weighted by atomic mass is 10.1. The first-order valence-corrected chi connectivity index (χ1v) is 11.3. The Morgan fingerprint density at radius 1 is 1.09 bits per heavy atom. The third-order valence-electron chi connectivity index (χ3n) is 5.36. The number of anilines is 1. The summed E-state index contributed by atoms with van der Waals surface area (Å²) in [6.07, 6.45) is 5.33. The zero-order valence-corrected chi connectivity index (χ0v) is 19.1. The van der Waals surface area contributed by atoms with Crippen LogP contribution in [0.1, 0.15) is 40.5 Å². The van der Waals surface area contributed by atoms with E-state index < -0.39 is 0 Å². The van der Waals surface area contributed by atoms with E-state index >= 15 is 0 Å². The Kier molecular flexibility index (Phi) is 6.03. The van der Waals surface area contributed by atoms with Gasteiger partial charge in [0, 0.05) is 28.9 Å². The number of hydrogen-bond acceptors (Lipinski definition) is 4. The maximum atomic E-state index is 13.2. The molecule has 1 amide bonds. The number of pyridine rings is 1. The molecule has 0 saturated heterocycles. The van der Waals surface area contributed by atoms with Gasteiger partial charge in [-0.1, -0.05) is 35.3 Å². The summed E-state index contributed by atoms with van der Waals surface area (Å²) in [6.45, 7) is 0.346. The Labute approximate surface area is 201 Å². The maximum Gasteiger partial charge on any atom is 0.259 e. The molecule has 0 radical (unpaired) electrons. The van der Waals surface area contributed by atoms with Gasteiger partial charge in [-0.05, 0) is 55.3 Å². The third-order valence-corrected chi connectivity index (χ3v) is 5.90. The summed E-state index contributed by atoms with van der Waals surface area (Å²) in [5, 5.41) is 8.48. The number of amides is 1. The molecular weight excluding hydrogens is 459 g/mol. The molecule has 6 nitrogen and oxygen atoms in total. The van der Waals surface area contributed by atoms with E-state index in [2.05, 4.69) is 15.4 Å². The molecule has 1 fully saturated rings. The quantitative estimate of drug-likeness (QED) is 0.339. The zero-order chi connectivity index (χ0) is 22.8. The smallest absolute Gasteiger partial charge is 0.259 e. The van der Waals surface area contributed by atoms with Crippen molar-refractivity contribution in [2.45, 2.75) is 25.4 Å². The lowest BCUT2D eigenvalue weighted by Gasteiger charge is -2.12. The monoisotopic (exact) mass is 478 g/mol. The Bertz CT molecular complexity index is 1300. The Morgan fingerprint density at radius 3 is 2.73 bits per heavy atom. The van der Waals surface area contributed by atoms with Crippen LogP contribution in [0.3, 0.4) is 0 Å². The van der Waals surface area contributed by atoms with E-state index in [-0.39, 0.29) is 11.8 Å². The summed E-state index contributed by atoms with van der Waals surface area (Å²) >= 11 is 12.4. The molecule has 0 aliphatic heterocycles. The summed E-state index contributed by atoms with van der Waals surface area (Å²) in [7, 11) is 0. The van der Waals surface area contributed by atoms with Crippen molar-refractivity contribution in [3.05, 3.63) is 100 Å². The molecule has 33 heavy (non-hydrogen) atoms. The number of hydrogen-bond donors (Lipinski definition) is 1. The van der Waals surface area contributed by atoms with Crippen molar-refractivity contribution in [2.75, 3.05) is 5.32 Å². The maximum absolute atomic E-state index is 13.2. The average Bonchev–Trinajstić information content (AvgIpc) is 3.57. The van der Waals surface area contributed by atoms with Crippen molar-refractivity contribution >= 4 is 34.8 Å². The van der Waals surface area contributed by atoms with Gasteiger partial charge in [0.15, 0.2) is 0 Å². The highest BCUT2D eigenvalue weighted by molar-refractivity contribution is 6.35. The van der Waals surface area contributed by atoms with Crippen molar-refractivity contribution < 1.29 is 9.53 Å².